The maximum Gasteiger partial charge on any atom is 0.328 e. The van der Waals surface area contributed by atoms with Crippen LogP contribution in [0.15, 0.2) is 77.6 Å². The molecule has 15 nitrogen and oxygen atoms in total. The van der Waals surface area contributed by atoms with E-state index in [4.69, 9.17) is 14.5 Å². The van der Waals surface area contributed by atoms with Gasteiger partial charge in [0.05, 0.1) is 0 Å². The molecule has 0 saturated carbocycles. The van der Waals surface area contributed by atoms with Gasteiger partial charge in [-0.3, -0.25) is 29.9 Å². The van der Waals surface area contributed by atoms with Gasteiger partial charge in [-0.15, -0.1) is 0 Å². The Bertz CT molecular complexity index is 2580. The van der Waals surface area contributed by atoms with Gasteiger partial charge >= 0.3 is 17.8 Å². The lowest BCUT2D eigenvalue weighted by Crippen LogP contribution is -2.49. The Labute approximate surface area is 360 Å². The second kappa shape index (κ2) is 17.1. The third kappa shape index (κ3) is 8.80. The van der Waals surface area contributed by atoms with E-state index in [1.807, 2.05) is 64.4 Å². The molecule has 6 aromatic rings. The Morgan fingerprint density at radius 3 is 2.29 bits per heavy atom. The number of urea groups is 1. The maximum absolute atomic E-state index is 12.7. The van der Waals surface area contributed by atoms with Crippen molar-refractivity contribution in [2.24, 2.45) is 5.92 Å². The highest BCUT2D eigenvalue weighted by atomic mass is 16.5. The molecule has 7 heterocycles. The fourth-order valence-electron chi connectivity index (χ4n) is 8.82. The molecule has 15 heteroatoms. The Balaban J connectivity index is 0.759. The lowest BCUT2D eigenvalue weighted by molar-refractivity contribution is -0.120. The first-order valence-electron chi connectivity index (χ1n) is 21.7. The van der Waals surface area contributed by atoms with Gasteiger partial charge in [0.15, 0.2) is 11.5 Å². The van der Waals surface area contributed by atoms with Crippen LogP contribution in [-0.4, -0.2) is 92.3 Å². The van der Waals surface area contributed by atoms with Gasteiger partial charge in [0.2, 0.25) is 5.91 Å². The summed E-state index contributed by atoms with van der Waals surface area (Å²) in [4.78, 5) is 57.2. The number of amides is 4. The number of likely N-dealkylation sites (tertiary alicyclic amines) is 1. The number of aromatic nitrogens is 6. The van der Waals surface area contributed by atoms with Crippen molar-refractivity contribution in [1.29, 1.82) is 0 Å². The van der Waals surface area contributed by atoms with Gasteiger partial charge in [-0.1, -0.05) is 44.1 Å². The van der Waals surface area contributed by atoms with Gasteiger partial charge in [-0.05, 0) is 105 Å². The fourth-order valence-corrected chi connectivity index (χ4v) is 8.82. The average Bonchev–Trinajstić information content (AvgIpc) is 3.96. The molecule has 3 aliphatic rings. The van der Waals surface area contributed by atoms with E-state index in [1.54, 1.807) is 4.90 Å². The Hall–Kier alpha value is -6.48. The van der Waals surface area contributed by atoms with E-state index in [-0.39, 0.29) is 23.2 Å². The van der Waals surface area contributed by atoms with Crippen LogP contribution in [0.2, 0.25) is 0 Å². The molecule has 3 saturated heterocycles. The third-order valence-electron chi connectivity index (χ3n) is 12.6. The van der Waals surface area contributed by atoms with Gasteiger partial charge in [0.25, 0.3) is 0 Å². The average molecular weight is 836 g/mol. The summed E-state index contributed by atoms with van der Waals surface area (Å²) in [6.45, 7) is 14.0. The van der Waals surface area contributed by atoms with Crippen molar-refractivity contribution in [3.8, 4) is 22.4 Å². The lowest BCUT2D eigenvalue weighted by atomic mass is 9.90. The van der Waals surface area contributed by atoms with Crippen LogP contribution in [-0.2, 0) is 16.8 Å². The summed E-state index contributed by atoms with van der Waals surface area (Å²) in [7, 11) is 0. The SMILES string of the molecule is Cc1cc(-c2n[nH]c3ncc(-c4ccc(C5CCN(CC6CCN(c7ccc(N8CCC(=O)NC8=O)cc7)CC6)CC5)nc4)cc23)ccc1CNC(=O)c1nc(C(C)(C)C)no1. The number of hydrogen-bond acceptors (Lipinski definition) is 11. The van der Waals surface area contributed by atoms with Crippen LogP contribution in [0.4, 0.5) is 16.2 Å². The van der Waals surface area contributed by atoms with E-state index in [2.05, 4.69) is 77.2 Å². The summed E-state index contributed by atoms with van der Waals surface area (Å²) in [5.74, 6) is 0.952. The number of H-pyrrole nitrogens is 1. The zero-order chi connectivity index (χ0) is 43.0. The monoisotopic (exact) mass is 835 g/mol. The minimum atomic E-state index is -0.407. The quantitative estimate of drug-likeness (QED) is 0.128. The van der Waals surface area contributed by atoms with Crippen molar-refractivity contribution in [1.82, 2.24) is 45.8 Å². The molecule has 9 rings (SSSR count). The van der Waals surface area contributed by atoms with Crippen molar-refractivity contribution < 1.29 is 18.9 Å². The second-order valence-corrected chi connectivity index (χ2v) is 17.9. The zero-order valence-corrected chi connectivity index (χ0v) is 35.8. The molecule has 2 aromatic carbocycles. The van der Waals surface area contributed by atoms with Crippen molar-refractivity contribution >= 4 is 40.3 Å². The topological polar surface area (TPSA) is 178 Å². The number of carbonyl (C=O) groups is 3. The number of imide groups is 1. The summed E-state index contributed by atoms with van der Waals surface area (Å²) < 4.78 is 5.20. The van der Waals surface area contributed by atoms with Gasteiger partial charge in [-0.2, -0.15) is 10.1 Å². The largest absolute Gasteiger partial charge is 0.372 e. The molecular weight excluding hydrogens is 783 g/mol. The van der Waals surface area contributed by atoms with Crippen LogP contribution in [0.3, 0.4) is 0 Å². The minimum absolute atomic E-state index is 0.0450. The molecule has 3 aliphatic heterocycles. The molecule has 3 fully saturated rings. The van der Waals surface area contributed by atoms with Gasteiger partial charge < -0.3 is 19.6 Å². The predicted molar refractivity (Wildman–Crippen MR) is 237 cm³/mol. The highest BCUT2D eigenvalue weighted by Crippen LogP contribution is 2.33. The molecule has 4 amide bonds. The Morgan fingerprint density at radius 1 is 0.855 bits per heavy atom. The molecular formula is C47H53N11O4. The van der Waals surface area contributed by atoms with Crippen molar-refractivity contribution in [3.63, 3.8) is 0 Å². The molecule has 320 valence electrons. The van der Waals surface area contributed by atoms with E-state index >= 15 is 0 Å². The van der Waals surface area contributed by atoms with Crippen LogP contribution in [0, 0.1) is 12.8 Å². The number of aryl methyl sites for hydroxylation is 1. The molecule has 3 N–H and O–H groups in total. The number of piperidine rings is 2. The number of aromatic amines is 1. The number of hydrogen-bond donors (Lipinski definition) is 3. The number of benzene rings is 2. The fraction of sp³-hybridized carbons (Fsp3) is 0.404. The summed E-state index contributed by atoms with van der Waals surface area (Å²) in [6.07, 6.45) is 8.71. The standard InChI is InChI=1S/C47H53N11O4/c1-29-23-32(5-6-33(29)25-50-43(60)44-52-45(55-62-44)47(2,3)4)41-38-24-35(27-49-42(38)54-53-41)34-7-12-39(48-26-34)31-15-18-56(19-16-31)28-30-13-20-57(21-14-30)36-8-10-37(11-9-36)58-22-17-40(59)51-46(58)61/h5-12,23-24,26-27,30-31H,13-22,25,28H2,1-4H3,(H,50,60)(H,49,53,54)(H,51,59,61). The summed E-state index contributed by atoms with van der Waals surface area (Å²) in [5, 5.41) is 17.9. The van der Waals surface area contributed by atoms with Gasteiger partial charge in [-0.25, -0.2) is 9.78 Å². The van der Waals surface area contributed by atoms with E-state index < -0.39 is 5.91 Å². The van der Waals surface area contributed by atoms with Crippen LogP contribution >= 0.6 is 0 Å². The number of nitrogens with zero attached hydrogens (tertiary/aromatic N) is 8. The molecule has 0 radical (unpaired) electrons. The van der Waals surface area contributed by atoms with E-state index in [9.17, 15) is 14.4 Å². The third-order valence-corrected chi connectivity index (χ3v) is 12.6. The van der Waals surface area contributed by atoms with E-state index in [1.165, 1.54) is 5.69 Å². The van der Waals surface area contributed by atoms with Gasteiger partial charge in [0.1, 0.15) is 5.69 Å². The first-order chi connectivity index (χ1) is 29.9. The number of pyridine rings is 2. The Kier molecular flexibility index (Phi) is 11.3. The van der Waals surface area contributed by atoms with Crippen LogP contribution < -0.4 is 20.4 Å². The number of fused-ring (bicyclic) bond motifs is 1. The molecule has 0 aliphatic carbocycles. The molecule has 0 bridgehead atoms. The van der Waals surface area contributed by atoms with Gasteiger partial charge in [0, 0.05) is 102 Å². The number of nitrogens with one attached hydrogen (secondary N) is 3. The number of carbonyl (C=O) groups excluding carboxylic acids is 3. The van der Waals surface area contributed by atoms with Crippen molar-refractivity contribution in [3.05, 3.63) is 102 Å². The lowest BCUT2D eigenvalue weighted by Gasteiger charge is -2.38. The normalized spacial score (nSPS) is 17.2. The van der Waals surface area contributed by atoms with Crippen LogP contribution in [0.25, 0.3) is 33.4 Å². The highest BCUT2D eigenvalue weighted by Gasteiger charge is 2.28. The van der Waals surface area contributed by atoms with E-state index in [0.717, 1.165) is 109 Å². The molecule has 0 atom stereocenters. The van der Waals surface area contributed by atoms with Crippen LogP contribution in [0.5, 0.6) is 0 Å². The van der Waals surface area contributed by atoms with E-state index in [0.29, 0.717) is 42.8 Å². The van der Waals surface area contributed by atoms with Crippen LogP contribution in [0.1, 0.15) is 92.1 Å². The molecule has 0 unspecified atom stereocenters. The maximum atomic E-state index is 12.7. The number of anilines is 2. The first kappa shape index (κ1) is 40.9. The Morgan fingerprint density at radius 2 is 1.60 bits per heavy atom. The summed E-state index contributed by atoms with van der Waals surface area (Å²) in [6, 6.07) is 20.4. The minimum Gasteiger partial charge on any atom is -0.372 e. The zero-order valence-electron chi connectivity index (χ0n) is 35.8. The smallest absolute Gasteiger partial charge is 0.328 e. The summed E-state index contributed by atoms with van der Waals surface area (Å²) >= 11 is 0. The highest BCUT2D eigenvalue weighted by molar-refractivity contribution is 6.05. The first-order valence-corrected chi connectivity index (χ1v) is 21.7. The number of rotatable bonds is 10. The molecule has 0 spiro atoms. The molecule has 4 aromatic heterocycles. The predicted octanol–water partition coefficient (Wildman–Crippen LogP) is 7.15. The summed E-state index contributed by atoms with van der Waals surface area (Å²) in [5.41, 5.74) is 9.30. The van der Waals surface area contributed by atoms with Crippen molar-refractivity contribution in [2.45, 2.75) is 77.7 Å². The molecule has 62 heavy (non-hydrogen) atoms. The van der Waals surface area contributed by atoms with Crippen molar-refractivity contribution in [2.75, 3.05) is 49.1 Å². The second-order valence-electron chi connectivity index (χ2n) is 17.9.